The molecule has 1 saturated carbocycles. The molecule has 4 atom stereocenters. The smallest absolute Gasteiger partial charge is 0.123 e. The highest BCUT2D eigenvalue weighted by atomic mass is 19.1. The van der Waals surface area contributed by atoms with Crippen LogP contribution in [0.3, 0.4) is 0 Å². The molecule has 1 aromatic rings. The average Bonchev–Trinajstić information content (AvgIpc) is 2.38. The molecule has 1 aliphatic rings. The molecule has 19 heavy (non-hydrogen) atoms. The van der Waals surface area contributed by atoms with E-state index in [1.807, 2.05) is 19.1 Å². The Labute approximate surface area is 114 Å². The molecule has 1 N–H and O–H groups in total. The number of halogens is 1. The van der Waals surface area contributed by atoms with Crippen molar-refractivity contribution in [2.45, 2.75) is 44.6 Å². The molecule has 0 saturated heterocycles. The van der Waals surface area contributed by atoms with Gasteiger partial charge < -0.3 is 14.8 Å². The van der Waals surface area contributed by atoms with Gasteiger partial charge in [0.2, 0.25) is 0 Å². The lowest BCUT2D eigenvalue weighted by atomic mass is 9.84. The third-order valence-electron chi connectivity index (χ3n) is 3.74. The molecule has 0 spiro atoms. The first-order chi connectivity index (χ1) is 9.15. The molecule has 0 aromatic heterocycles. The zero-order valence-electron chi connectivity index (χ0n) is 11.7. The minimum atomic E-state index is -0.203. The van der Waals surface area contributed by atoms with Gasteiger partial charge in [0.15, 0.2) is 0 Å². The summed E-state index contributed by atoms with van der Waals surface area (Å²) in [6, 6.07) is 7.07. The normalized spacial score (nSPS) is 27.9. The second-order valence-electron chi connectivity index (χ2n) is 4.98. The molecule has 106 valence electrons. The van der Waals surface area contributed by atoms with Crippen molar-refractivity contribution in [3.8, 4) is 0 Å². The van der Waals surface area contributed by atoms with Crippen molar-refractivity contribution in [3.05, 3.63) is 35.6 Å². The average molecular weight is 267 g/mol. The van der Waals surface area contributed by atoms with Crippen LogP contribution < -0.4 is 5.32 Å². The van der Waals surface area contributed by atoms with Gasteiger partial charge >= 0.3 is 0 Å². The number of hydrogen-bond acceptors (Lipinski definition) is 3. The highest BCUT2D eigenvalue weighted by Crippen LogP contribution is 2.29. The largest absolute Gasteiger partial charge is 0.377 e. The van der Waals surface area contributed by atoms with Crippen LogP contribution in [0.1, 0.15) is 31.9 Å². The van der Waals surface area contributed by atoms with Gasteiger partial charge in [-0.3, -0.25) is 0 Å². The Balaban J connectivity index is 1.89. The number of nitrogens with one attached hydrogen (secondary N) is 1. The van der Waals surface area contributed by atoms with Crippen LogP contribution in [0.2, 0.25) is 0 Å². The van der Waals surface area contributed by atoms with Gasteiger partial charge in [0.1, 0.15) is 5.82 Å². The van der Waals surface area contributed by atoms with Gasteiger partial charge in [-0.1, -0.05) is 12.1 Å². The lowest BCUT2D eigenvalue weighted by Crippen LogP contribution is -2.60. The number of ether oxygens (including phenoxy) is 2. The summed E-state index contributed by atoms with van der Waals surface area (Å²) in [6.07, 6.45) is 1.24. The van der Waals surface area contributed by atoms with Crippen molar-refractivity contribution < 1.29 is 13.9 Å². The molecule has 1 aromatic carbocycles. The summed E-state index contributed by atoms with van der Waals surface area (Å²) in [7, 11) is 1.72. The Kier molecular flexibility index (Phi) is 4.91. The van der Waals surface area contributed by atoms with E-state index in [0.717, 1.165) is 12.0 Å². The second kappa shape index (κ2) is 6.46. The lowest BCUT2D eigenvalue weighted by Gasteiger charge is -2.44. The number of methoxy groups -OCH3 is 1. The van der Waals surface area contributed by atoms with E-state index in [-0.39, 0.29) is 24.1 Å². The van der Waals surface area contributed by atoms with Crippen LogP contribution in [0.15, 0.2) is 24.3 Å². The van der Waals surface area contributed by atoms with Crippen LogP contribution in [0, 0.1) is 5.82 Å². The molecule has 0 bridgehead atoms. The number of rotatable bonds is 6. The SMILES string of the molecule is CCOC1CC(N[C@@H](C)c2ccc(F)cc2)C1OC. The summed E-state index contributed by atoms with van der Waals surface area (Å²) in [5.41, 5.74) is 1.08. The van der Waals surface area contributed by atoms with E-state index in [1.165, 1.54) is 12.1 Å². The zero-order valence-corrected chi connectivity index (χ0v) is 11.7. The number of hydrogen-bond donors (Lipinski definition) is 1. The van der Waals surface area contributed by atoms with E-state index < -0.39 is 0 Å². The predicted octanol–water partition coefficient (Wildman–Crippen LogP) is 2.67. The van der Waals surface area contributed by atoms with E-state index in [1.54, 1.807) is 7.11 Å². The molecule has 3 unspecified atom stereocenters. The Hall–Kier alpha value is -0.970. The van der Waals surface area contributed by atoms with E-state index in [9.17, 15) is 4.39 Å². The Bertz CT molecular complexity index is 396. The molecule has 1 fully saturated rings. The maximum atomic E-state index is 12.9. The molecule has 0 radical (unpaired) electrons. The third kappa shape index (κ3) is 3.32. The van der Waals surface area contributed by atoms with Crippen LogP contribution in [0.5, 0.6) is 0 Å². The van der Waals surface area contributed by atoms with Crippen molar-refractivity contribution in [3.63, 3.8) is 0 Å². The van der Waals surface area contributed by atoms with Gasteiger partial charge in [-0.2, -0.15) is 0 Å². The maximum absolute atomic E-state index is 12.9. The third-order valence-corrected chi connectivity index (χ3v) is 3.74. The maximum Gasteiger partial charge on any atom is 0.123 e. The van der Waals surface area contributed by atoms with Gasteiger partial charge in [0.25, 0.3) is 0 Å². The van der Waals surface area contributed by atoms with Crippen LogP contribution in [0.25, 0.3) is 0 Å². The summed E-state index contributed by atoms with van der Waals surface area (Å²) in [6.45, 7) is 4.79. The minimum absolute atomic E-state index is 0.0999. The van der Waals surface area contributed by atoms with Crippen LogP contribution >= 0.6 is 0 Å². The molecule has 0 amide bonds. The quantitative estimate of drug-likeness (QED) is 0.859. The van der Waals surface area contributed by atoms with E-state index in [0.29, 0.717) is 12.6 Å². The highest BCUT2D eigenvalue weighted by molar-refractivity contribution is 5.20. The first kappa shape index (κ1) is 14.4. The summed E-state index contributed by atoms with van der Waals surface area (Å²) in [5.74, 6) is -0.203. The fraction of sp³-hybridized carbons (Fsp3) is 0.600. The highest BCUT2D eigenvalue weighted by Gasteiger charge is 2.42. The summed E-state index contributed by atoms with van der Waals surface area (Å²) < 4.78 is 24.0. The molecule has 1 aliphatic carbocycles. The van der Waals surface area contributed by atoms with Crippen molar-refractivity contribution in [2.75, 3.05) is 13.7 Å². The molecule has 4 heteroatoms. The first-order valence-electron chi connectivity index (χ1n) is 6.81. The van der Waals surface area contributed by atoms with Crippen LogP contribution in [-0.2, 0) is 9.47 Å². The van der Waals surface area contributed by atoms with Crippen LogP contribution in [0.4, 0.5) is 4.39 Å². The van der Waals surface area contributed by atoms with Crippen molar-refractivity contribution in [1.82, 2.24) is 5.32 Å². The molecular formula is C15H22FNO2. The van der Waals surface area contributed by atoms with Gasteiger partial charge in [-0.05, 0) is 38.0 Å². The van der Waals surface area contributed by atoms with Crippen LogP contribution in [-0.4, -0.2) is 32.0 Å². The van der Waals surface area contributed by atoms with Gasteiger partial charge in [0.05, 0.1) is 12.2 Å². The molecule has 3 nitrogen and oxygen atoms in total. The zero-order chi connectivity index (χ0) is 13.8. The van der Waals surface area contributed by atoms with E-state index in [2.05, 4.69) is 12.2 Å². The first-order valence-corrected chi connectivity index (χ1v) is 6.81. The predicted molar refractivity (Wildman–Crippen MR) is 72.6 cm³/mol. The summed E-state index contributed by atoms with van der Waals surface area (Å²) >= 11 is 0. The lowest BCUT2D eigenvalue weighted by molar-refractivity contribution is -0.133. The standard InChI is InChI=1S/C15H22FNO2/c1-4-19-14-9-13(15(14)18-3)17-10(2)11-5-7-12(16)8-6-11/h5-8,10,13-15,17H,4,9H2,1-3H3/t10-,13?,14?,15?/m0/s1. The minimum Gasteiger partial charge on any atom is -0.377 e. The Morgan fingerprint density at radius 3 is 2.63 bits per heavy atom. The topological polar surface area (TPSA) is 30.5 Å². The Morgan fingerprint density at radius 1 is 1.37 bits per heavy atom. The van der Waals surface area contributed by atoms with Crippen molar-refractivity contribution in [1.29, 1.82) is 0 Å². The molecule has 0 heterocycles. The molecule has 0 aliphatic heterocycles. The fourth-order valence-corrected chi connectivity index (χ4v) is 2.61. The monoisotopic (exact) mass is 267 g/mol. The second-order valence-corrected chi connectivity index (χ2v) is 4.98. The van der Waals surface area contributed by atoms with E-state index in [4.69, 9.17) is 9.47 Å². The summed E-state index contributed by atoms with van der Waals surface area (Å²) in [4.78, 5) is 0. The van der Waals surface area contributed by atoms with Gasteiger partial charge in [0, 0.05) is 25.8 Å². The Morgan fingerprint density at radius 2 is 2.05 bits per heavy atom. The summed E-state index contributed by atoms with van der Waals surface area (Å²) in [5, 5.41) is 3.51. The van der Waals surface area contributed by atoms with Gasteiger partial charge in [-0.25, -0.2) is 4.39 Å². The van der Waals surface area contributed by atoms with Gasteiger partial charge in [-0.15, -0.1) is 0 Å². The van der Waals surface area contributed by atoms with Crippen molar-refractivity contribution >= 4 is 0 Å². The fourth-order valence-electron chi connectivity index (χ4n) is 2.61. The number of benzene rings is 1. The van der Waals surface area contributed by atoms with E-state index >= 15 is 0 Å². The molecular weight excluding hydrogens is 245 g/mol. The molecule has 2 rings (SSSR count). The van der Waals surface area contributed by atoms with Crippen molar-refractivity contribution in [2.24, 2.45) is 0 Å².